The summed E-state index contributed by atoms with van der Waals surface area (Å²) in [6.45, 7) is 4.10. The molecule has 5 nitrogen and oxygen atoms in total. The van der Waals surface area contributed by atoms with Gasteiger partial charge in [-0.15, -0.1) is 0 Å². The van der Waals surface area contributed by atoms with Gasteiger partial charge in [0.1, 0.15) is 11.6 Å². The van der Waals surface area contributed by atoms with E-state index in [-0.39, 0.29) is 11.8 Å². The van der Waals surface area contributed by atoms with Crippen LogP contribution in [0.4, 0.5) is 5.82 Å². The molecule has 0 saturated heterocycles. The average molecular weight is 347 g/mol. The van der Waals surface area contributed by atoms with E-state index in [1.807, 2.05) is 42.1 Å². The van der Waals surface area contributed by atoms with Gasteiger partial charge in [0.2, 0.25) is 5.91 Å². The lowest BCUT2D eigenvalue weighted by molar-refractivity contribution is -0.116. The van der Waals surface area contributed by atoms with Crippen LogP contribution in [0.3, 0.4) is 0 Å². The molecular formula is C21H21N3O2. The summed E-state index contributed by atoms with van der Waals surface area (Å²) < 4.78 is 7.35. The number of nitrogens with zero attached hydrogens (tertiary/aromatic N) is 2. The molecule has 1 aliphatic heterocycles. The third kappa shape index (κ3) is 2.65. The normalized spacial score (nSPS) is 16.1. The number of methoxy groups -OCH3 is 1. The van der Waals surface area contributed by atoms with E-state index in [4.69, 9.17) is 4.74 Å². The Morgan fingerprint density at radius 3 is 2.77 bits per heavy atom. The zero-order chi connectivity index (χ0) is 18.3. The van der Waals surface area contributed by atoms with Crippen molar-refractivity contribution in [2.45, 2.75) is 26.2 Å². The molecule has 0 aliphatic carbocycles. The molecule has 26 heavy (non-hydrogen) atoms. The molecule has 0 bridgehead atoms. The van der Waals surface area contributed by atoms with Crippen molar-refractivity contribution in [2.75, 3.05) is 12.4 Å². The molecule has 1 N–H and O–H groups in total. The van der Waals surface area contributed by atoms with E-state index in [1.54, 1.807) is 7.11 Å². The molecule has 1 aromatic heterocycles. The van der Waals surface area contributed by atoms with E-state index in [0.717, 1.165) is 39.5 Å². The highest BCUT2D eigenvalue weighted by Crippen LogP contribution is 2.41. The maximum Gasteiger partial charge on any atom is 0.226 e. The molecule has 1 atom stereocenters. The van der Waals surface area contributed by atoms with Crippen molar-refractivity contribution in [3.63, 3.8) is 0 Å². The van der Waals surface area contributed by atoms with Crippen LogP contribution in [0, 0.1) is 13.8 Å². The number of anilines is 1. The largest absolute Gasteiger partial charge is 0.496 e. The van der Waals surface area contributed by atoms with Gasteiger partial charge in [-0.3, -0.25) is 4.79 Å². The van der Waals surface area contributed by atoms with Crippen molar-refractivity contribution in [3.8, 4) is 11.4 Å². The lowest BCUT2D eigenvalue weighted by atomic mass is 9.87. The van der Waals surface area contributed by atoms with Crippen molar-refractivity contribution < 1.29 is 9.53 Å². The number of benzene rings is 2. The lowest BCUT2D eigenvalue weighted by Crippen LogP contribution is -2.25. The van der Waals surface area contributed by atoms with Gasteiger partial charge < -0.3 is 10.1 Å². The van der Waals surface area contributed by atoms with Crippen LogP contribution >= 0.6 is 0 Å². The summed E-state index contributed by atoms with van der Waals surface area (Å²) in [6, 6.07) is 14.1. The minimum atomic E-state index is -0.0752. The Morgan fingerprint density at radius 2 is 1.96 bits per heavy atom. The smallest absolute Gasteiger partial charge is 0.226 e. The van der Waals surface area contributed by atoms with E-state index in [0.29, 0.717) is 6.42 Å². The molecule has 1 aliphatic rings. The minimum Gasteiger partial charge on any atom is -0.496 e. The molecular weight excluding hydrogens is 326 g/mol. The molecule has 4 rings (SSSR count). The average Bonchev–Trinajstić information content (AvgIpc) is 3.06. The zero-order valence-electron chi connectivity index (χ0n) is 15.1. The molecule has 2 heterocycles. The summed E-state index contributed by atoms with van der Waals surface area (Å²) >= 11 is 0. The summed E-state index contributed by atoms with van der Waals surface area (Å²) in [5.41, 5.74) is 5.25. The maximum absolute atomic E-state index is 12.4. The second-order valence-electron chi connectivity index (χ2n) is 6.70. The van der Waals surface area contributed by atoms with Gasteiger partial charge in [0, 0.05) is 23.5 Å². The first-order valence-electron chi connectivity index (χ1n) is 8.67. The number of carbonyl (C=O) groups excluding carboxylic acids is 1. The van der Waals surface area contributed by atoms with Gasteiger partial charge in [-0.05, 0) is 37.1 Å². The quantitative estimate of drug-likeness (QED) is 0.780. The maximum atomic E-state index is 12.4. The van der Waals surface area contributed by atoms with Crippen LogP contribution in [0.5, 0.6) is 5.75 Å². The Bertz CT molecular complexity index is 991. The number of hydrogen-bond acceptors (Lipinski definition) is 3. The molecule has 0 saturated carbocycles. The fraction of sp³-hybridized carbons (Fsp3) is 0.238. The van der Waals surface area contributed by atoms with Crippen LogP contribution in [0.15, 0.2) is 48.7 Å². The summed E-state index contributed by atoms with van der Waals surface area (Å²) in [5.74, 6) is 1.44. The topological polar surface area (TPSA) is 56.1 Å². The van der Waals surface area contributed by atoms with E-state index in [9.17, 15) is 4.79 Å². The van der Waals surface area contributed by atoms with Gasteiger partial charge in [0.15, 0.2) is 0 Å². The molecule has 0 radical (unpaired) electrons. The van der Waals surface area contributed by atoms with Gasteiger partial charge in [-0.2, -0.15) is 5.10 Å². The van der Waals surface area contributed by atoms with Gasteiger partial charge in [0.25, 0.3) is 0 Å². The van der Waals surface area contributed by atoms with E-state index < -0.39 is 0 Å². The van der Waals surface area contributed by atoms with E-state index >= 15 is 0 Å². The monoisotopic (exact) mass is 347 g/mol. The summed E-state index contributed by atoms with van der Waals surface area (Å²) in [6.07, 6.45) is 2.24. The number of carbonyl (C=O) groups is 1. The van der Waals surface area contributed by atoms with E-state index in [1.165, 1.54) is 0 Å². The molecule has 2 aromatic carbocycles. The summed E-state index contributed by atoms with van der Waals surface area (Å²) in [4.78, 5) is 12.4. The van der Waals surface area contributed by atoms with Crippen molar-refractivity contribution in [3.05, 3.63) is 70.9 Å². The second kappa shape index (κ2) is 6.33. The molecule has 132 valence electrons. The van der Waals surface area contributed by atoms with Gasteiger partial charge in [-0.1, -0.05) is 30.3 Å². The summed E-state index contributed by atoms with van der Waals surface area (Å²) in [7, 11) is 1.65. The number of ether oxygens (including phenoxy) is 1. The Kier molecular flexibility index (Phi) is 3.99. The van der Waals surface area contributed by atoms with Crippen molar-refractivity contribution >= 4 is 11.7 Å². The molecule has 5 heteroatoms. The van der Waals surface area contributed by atoms with Crippen LogP contribution in [-0.4, -0.2) is 22.8 Å². The van der Waals surface area contributed by atoms with E-state index in [2.05, 4.69) is 35.5 Å². The number of aryl methyl sites for hydroxylation is 2. The highest BCUT2D eigenvalue weighted by atomic mass is 16.5. The molecule has 1 amide bonds. The fourth-order valence-corrected chi connectivity index (χ4v) is 3.58. The number of amides is 1. The van der Waals surface area contributed by atoms with Crippen molar-refractivity contribution in [1.29, 1.82) is 0 Å². The van der Waals surface area contributed by atoms with Gasteiger partial charge >= 0.3 is 0 Å². The lowest BCUT2D eigenvalue weighted by Gasteiger charge is -2.25. The zero-order valence-corrected chi connectivity index (χ0v) is 15.1. The Morgan fingerprint density at radius 1 is 1.15 bits per heavy atom. The van der Waals surface area contributed by atoms with Crippen LogP contribution < -0.4 is 10.1 Å². The van der Waals surface area contributed by atoms with Crippen molar-refractivity contribution in [1.82, 2.24) is 9.78 Å². The van der Waals surface area contributed by atoms with Crippen LogP contribution in [-0.2, 0) is 4.79 Å². The number of nitrogens with one attached hydrogen (secondary N) is 1. The molecule has 1 unspecified atom stereocenters. The SMILES string of the molecule is COc1ccccc1C1CC(=O)Nc2c1cnn2-c1cc(C)ccc1C. The Hall–Kier alpha value is -3.08. The first kappa shape index (κ1) is 16.4. The standard InChI is InChI=1S/C21H21N3O2/c1-13-8-9-14(2)18(10-13)24-21-17(12-22-24)16(11-20(25)23-21)15-6-4-5-7-19(15)26-3/h4-10,12,16H,11H2,1-3H3,(H,23,25). The molecule has 0 fully saturated rings. The third-order valence-corrected chi connectivity index (χ3v) is 4.93. The predicted octanol–water partition coefficient (Wildman–Crippen LogP) is 3.97. The van der Waals surface area contributed by atoms with Crippen LogP contribution in [0.2, 0.25) is 0 Å². The van der Waals surface area contributed by atoms with Gasteiger partial charge in [-0.25, -0.2) is 4.68 Å². The molecule has 3 aromatic rings. The number of hydrogen-bond donors (Lipinski definition) is 1. The highest BCUT2D eigenvalue weighted by Gasteiger charge is 2.32. The minimum absolute atomic E-state index is 0.0135. The van der Waals surface area contributed by atoms with Crippen LogP contribution in [0.1, 0.15) is 34.6 Å². The Labute approximate surface area is 152 Å². The fourth-order valence-electron chi connectivity index (χ4n) is 3.58. The summed E-state index contributed by atoms with van der Waals surface area (Å²) in [5, 5.41) is 7.61. The van der Waals surface area contributed by atoms with Crippen molar-refractivity contribution in [2.24, 2.45) is 0 Å². The van der Waals surface area contributed by atoms with Crippen LogP contribution in [0.25, 0.3) is 5.69 Å². The first-order chi connectivity index (χ1) is 12.6. The Balaban J connectivity index is 1.87. The first-order valence-corrected chi connectivity index (χ1v) is 8.67. The molecule has 0 spiro atoms. The van der Waals surface area contributed by atoms with Gasteiger partial charge in [0.05, 0.1) is 19.0 Å². The number of aromatic nitrogens is 2. The number of fused-ring (bicyclic) bond motifs is 1. The number of para-hydroxylation sites is 1. The highest BCUT2D eigenvalue weighted by molar-refractivity contribution is 5.94. The number of rotatable bonds is 3. The second-order valence-corrected chi connectivity index (χ2v) is 6.70. The third-order valence-electron chi connectivity index (χ3n) is 4.93. The predicted molar refractivity (Wildman–Crippen MR) is 101 cm³/mol.